The predicted molar refractivity (Wildman–Crippen MR) is 105 cm³/mol. The third-order valence-corrected chi connectivity index (χ3v) is 5.28. The molecule has 2 heterocycles. The van der Waals surface area contributed by atoms with Crippen molar-refractivity contribution in [2.45, 2.75) is 6.04 Å². The minimum atomic E-state index is -0.185. The van der Waals surface area contributed by atoms with Crippen LogP contribution in [0.3, 0.4) is 0 Å². The van der Waals surface area contributed by atoms with Crippen LogP contribution in [0.5, 0.6) is 5.75 Å². The van der Waals surface area contributed by atoms with Gasteiger partial charge in [0.1, 0.15) is 11.6 Å². The van der Waals surface area contributed by atoms with E-state index in [-0.39, 0.29) is 11.9 Å². The number of hydrogen-bond acceptors (Lipinski definition) is 5. The Labute approximate surface area is 159 Å². The van der Waals surface area contributed by atoms with Gasteiger partial charge >= 0.3 is 0 Å². The van der Waals surface area contributed by atoms with Crippen molar-refractivity contribution in [3.05, 3.63) is 71.7 Å². The molecule has 6 heteroatoms. The third-order valence-electron chi connectivity index (χ3n) is 5.28. The van der Waals surface area contributed by atoms with E-state index in [9.17, 15) is 4.39 Å². The lowest BCUT2D eigenvalue weighted by Gasteiger charge is -2.36. The number of nitrogens with one attached hydrogen (secondary N) is 2. The predicted octanol–water partition coefficient (Wildman–Crippen LogP) is 2.69. The molecule has 2 aliphatic rings. The summed E-state index contributed by atoms with van der Waals surface area (Å²) in [5.41, 5.74) is 10.1. The van der Waals surface area contributed by atoms with Gasteiger partial charge in [0.15, 0.2) is 0 Å². The van der Waals surface area contributed by atoms with Crippen molar-refractivity contribution in [2.75, 3.05) is 44.7 Å². The Bertz CT molecular complexity index is 783. The number of halogens is 1. The van der Waals surface area contributed by atoms with E-state index >= 15 is 0 Å². The van der Waals surface area contributed by atoms with Crippen LogP contribution < -0.4 is 20.5 Å². The highest BCUT2D eigenvalue weighted by Gasteiger charge is 2.25. The van der Waals surface area contributed by atoms with E-state index in [1.54, 1.807) is 7.11 Å². The molecule has 1 unspecified atom stereocenters. The number of ether oxygens (including phenoxy) is 1. The molecule has 2 N–H and O–H groups in total. The Kier molecular flexibility index (Phi) is 5.27. The van der Waals surface area contributed by atoms with Gasteiger partial charge in [0.2, 0.25) is 0 Å². The molecule has 2 aromatic rings. The van der Waals surface area contributed by atoms with Gasteiger partial charge in [0.05, 0.1) is 13.2 Å². The molecule has 1 fully saturated rings. The second kappa shape index (κ2) is 7.98. The zero-order valence-electron chi connectivity index (χ0n) is 15.5. The summed E-state index contributed by atoms with van der Waals surface area (Å²) in [6, 6.07) is 15.1. The molecule has 4 rings (SSSR count). The lowest BCUT2D eigenvalue weighted by Crippen LogP contribution is -2.47. The van der Waals surface area contributed by atoms with Crippen molar-refractivity contribution in [3.63, 3.8) is 0 Å². The molecule has 2 aromatic carbocycles. The topological polar surface area (TPSA) is 39.8 Å². The minimum Gasteiger partial charge on any atom is -0.497 e. The van der Waals surface area contributed by atoms with Crippen molar-refractivity contribution < 1.29 is 9.13 Å². The summed E-state index contributed by atoms with van der Waals surface area (Å²) in [5.74, 6) is 0.683. The maximum Gasteiger partial charge on any atom is 0.123 e. The first-order valence-corrected chi connectivity index (χ1v) is 9.30. The number of piperazine rings is 1. The zero-order chi connectivity index (χ0) is 18.6. The van der Waals surface area contributed by atoms with E-state index in [1.165, 1.54) is 23.3 Å². The van der Waals surface area contributed by atoms with Crippen molar-refractivity contribution in [1.82, 2.24) is 15.8 Å². The molecule has 0 bridgehead atoms. The number of hydrogen-bond donors (Lipinski definition) is 2. The molecule has 0 aromatic heterocycles. The molecule has 27 heavy (non-hydrogen) atoms. The standard InChI is InChI=1S/C21H25FN4O/c1-27-20-8-2-16(3-9-20)21-17(14-23-24-21)15-25-10-12-26(13-11-25)19-6-4-18(22)5-7-19/h2-9,14,21,23-24H,10-13,15H2,1H3. The number of benzene rings is 2. The molecule has 1 atom stereocenters. The second-order valence-electron chi connectivity index (χ2n) is 6.95. The zero-order valence-corrected chi connectivity index (χ0v) is 15.5. The lowest BCUT2D eigenvalue weighted by atomic mass is 10.00. The summed E-state index contributed by atoms with van der Waals surface area (Å²) < 4.78 is 18.4. The van der Waals surface area contributed by atoms with E-state index in [4.69, 9.17) is 4.74 Å². The highest BCUT2D eigenvalue weighted by Crippen LogP contribution is 2.27. The van der Waals surface area contributed by atoms with Gasteiger partial charge in [-0.1, -0.05) is 12.1 Å². The summed E-state index contributed by atoms with van der Waals surface area (Å²) in [4.78, 5) is 4.79. The number of nitrogens with zero attached hydrogens (tertiary/aromatic N) is 2. The summed E-state index contributed by atoms with van der Waals surface area (Å²) in [7, 11) is 1.68. The number of rotatable bonds is 5. The van der Waals surface area contributed by atoms with Crippen LogP contribution in [0.2, 0.25) is 0 Å². The summed E-state index contributed by atoms with van der Waals surface area (Å²) in [6.45, 7) is 4.81. The summed E-state index contributed by atoms with van der Waals surface area (Å²) >= 11 is 0. The van der Waals surface area contributed by atoms with Crippen molar-refractivity contribution in [1.29, 1.82) is 0 Å². The maximum absolute atomic E-state index is 13.1. The van der Waals surface area contributed by atoms with E-state index in [0.717, 1.165) is 44.2 Å². The fourth-order valence-electron chi connectivity index (χ4n) is 3.70. The Morgan fingerprint density at radius 2 is 1.70 bits per heavy atom. The van der Waals surface area contributed by atoms with E-state index in [0.29, 0.717) is 0 Å². The van der Waals surface area contributed by atoms with Gasteiger partial charge in [-0.05, 0) is 47.5 Å². The number of hydrazine groups is 1. The average molecular weight is 368 g/mol. The number of anilines is 1. The second-order valence-corrected chi connectivity index (χ2v) is 6.95. The Hall–Kier alpha value is -2.57. The van der Waals surface area contributed by atoms with Gasteiger partial charge in [-0.25, -0.2) is 9.82 Å². The molecular formula is C21H25FN4O. The molecule has 142 valence electrons. The first-order valence-electron chi connectivity index (χ1n) is 9.30. The van der Waals surface area contributed by atoms with Crippen LogP contribution >= 0.6 is 0 Å². The van der Waals surface area contributed by atoms with Crippen LogP contribution in [0.4, 0.5) is 10.1 Å². The third kappa shape index (κ3) is 4.07. The highest BCUT2D eigenvalue weighted by atomic mass is 19.1. The molecule has 0 radical (unpaired) electrons. The maximum atomic E-state index is 13.1. The normalized spacial score (nSPS) is 20.3. The largest absolute Gasteiger partial charge is 0.497 e. The first-order chi connectivity index (χ1) is 13.2. The van der Waals surface area contributed by atoms with Crippen LogP contribution in [-0.2, 0) is 0 Å². The molecule has 1 saturated heterocycles. The van der Waals surface area contributed by atoms with Crippen LogP contribution in [0.15, 0.2) is 60.3 Å². The number of methoxy groups -OCH3 is 1. The fourth-order valence-corrected chi connectivity index (χ4v) is 3.70. The van der Waals surface area contributed by atoms with Crippen LogP contribution in [0.25, 0.3) is 0 Å². The summed E-state index contributed by atoms with van der Waals surface area (Å²) in [6.07, 6.45) is 2.07. The summed E-state index contributed by atoms with van der Waals surface area (Å²) in [5, 5.41) is 0. The van der Waals surface area contributed by atoms with Crippen LogP contribution in [-0.4, -0.2) is 44.7 Å². The van der Waals surface area contributed by atoms with Gasteiger partial charge in [0.25, 0.3) is 0 Å². The molecular weight excluding hydrogens is 343 g/mol. The van der Waals surface area contributed by atoms with Crippen molar-refractivity contribution in [2.24, 2.45) is 0 Å². The van der Waals surface area contributed by atoms with Gasteiger partial charge in [-0.2, -0.15) is 0 Å². The lowest BCUT2D eigenvalue weighted by molar-refractivity contribution is 0.274. The smallest absolute Gasteiger partial charge is 0.123 e. The molecule has 0 spiro atoms. The van der Waals surface area contributed by atoms with E-state index in [2.05, 4.69) is 39.0 Å². The average Bonchev–Trinajstić information content (AvgIpc) is 3.17. The monoisotopic (exact) mass is 368 g/mol. The Morgan fingerprint density at radius 1 is 1.00 bits per heavy atom. The SMILES string of the molecule is COc1ccc(C2NNC=C2CN2CCN(c3ccc(F)cc3)CC2)cc1. The van der Waals surface area contributed by atoms with Crippen LogP contribution in [0, 0.1) is 5.82 Å². The van der Waals surface area contributed by atoms with Gasteiger partial charge in [0, 0.05) is 44.6 Å². The quantitative estimate of drug-likeness (QED) is 0.849. The first kappa shape index (κ1) is 17.8. The Morgan fingerprint density at radius 3 is 2.37 bits per heavy atom. The van der Waals surface area contributed by atoms with Gasteiger partial charge in [-0.3, -0.25) is 4.90 Å². The van der Waals surface area contributed by atoms with Crippen molar-refractivity contribution >= 4 is 5.69 Å². The highest BCUT2D eigenvalue weighted by molar-refractivity contribution is 5.46. The molecule has 2 aliphatic heterocycles. The van der Waals surface area contributed by atoms with E-state index < -0.39 is 0 Å². The van der Waals surface area contributed by atoms with E-state index in [1.807, 2.05) is 24.3 Å². The van der Waals surface area contributed by atoms with Gasteiger partial charge < -0.3 is 15.1 Å². The Balaban J connectivity index is 1.34. The van der Waals surface area contributed by atoms with Gasteiger partial charge in [-0.15, -0.1) is 0 Å². The molecule has 0 saturated carbocycles. The minimum absolute atomic E-state index is 0.172. The van der Waals surface area contributed by atoms with Crippen molar-refractivity contribution in [3.8, 4) is 5.75 Å². The fraction of sp³-hybridized carbons (Fsp3) is 0.333. The molecule has 5 nitrogen and oxygen atoms in total. The molecule has 0 amide bonds. The molecule has 0 aliphatic carbocycles. The van der Waals surface area contributed by atoms with Crippen LogP contribution in [0.1, 0.15) is 11.6 Å².